The standard InChI is InChI=1S/C19H17FN4O3S2/c1-11(25)22-12-4-5-13(14(20)9-12)15-10-29-19(23-15)24-17(26)6-7-21-18(27)16-3-2-8-28-16/h2-5,8-10H,6-7H2,1H3,(H,21,27)(H,22,25)(H,23,24,26). The lowest BCUT2D eigenvalue weighted by Crippen LogP contribution is -2.27. The van der Waals surface area contributed by atoms with Crippen LogP contribution < -0.4 is 16.0 Å². The smallest absolute Gasteiger partial charge is 0.261 e. The first-order valence-electron chi connectivity index (χ1n) is 8.57. The van der Waals surface area contributed by atoms with Crippen molar-refractivity contribution in [2.75, 3.05) is 17.2 Å². The molecule has 0 spiro atoms. The van der Waals surface area contributed by atoms with E-state index in [4.69, 9.17) is 0 Å². The number of amides is 3. The fourth-order valence-electron chi connectivity index (χ4n) is 2.42. The summed E-state index contributed by atoms with van der Waals surface area (Å²) >= 11 is 2.49. The van der Waals surface area contributed by atoms with E-state index in [0.29, 0.717) is 21.4 Å². The molecule has 0 atom stereocenters. The highest BCUT2D eigenvalue weighted by molar-refractivity contribution is 7.14. The van der Waals surface area contributed by atoms with Gasteiger partial charge in [0.2, 0.25) is 11.8 Å². The fraction of sp³-hybridized carbons (Fsp3) is 0.158. The van der Waals surface area contributed by atoms with Gasteiger partial charge in [-0.3, -0.25) is 14.4 Å². The quantitative estimate of drug-likeness (QED) is 0.530. The van der Waals surface area contributed by atoms with Crippen LogP contribution in [0.4, 0.5) is 15.2 Å². The number of nitrogens with one attached hydrogen (secondary N) is 3. The Hall–Kier alpha value is -3.11. The van der Waals surface area contributed by atoms with E-state index in [9.17, 15) is 18.8 Å². The largest absolute Gasteiger partial charge is 0.351 e. The first-order chi connectivity index (χ1) is 13.9. The van der Waals surface area contributed by atoms with Crippen molar-refractivity contribution in [1.29, 1.82) is 0 Å². The van der Waals surface area contributed by atoms with Gasteiger partial charge in [-0.2, -0.15) is 0 Å². The number of rotatable bonds is 7. The maximum absolute atomic E-state index is 14.3. The third-order valence-corrected chi connectivity index (χ3v) is 5.32. The Morgan fingerprint density at radius 3 is 2.66 bits per heavy atom. The van der Waals surface area contributed by atoms with E-state index in [1.807, 2.05) is 0 Å². The number of aromatic nitrogens is 1. The van der Waals surface area contributed by atoms with Crippen LogP contribution in [0, 0.1) is 5.82 Å². The number of hydrogen-bond donors (Lipinski definition) is 3. The summed E-state index contributed by atoms with van der Waals surface area (Å²) in [5.41, 5.74) is 0.995. The summed E-state index contributed by atoms with van der Waals surface area (Å²) in [6.07, 6.45) is 0.0891. The molecule has 0 aliphatic rings. The molecule has 0 saturated carbocycles. The maximum atomic E-state index is 14.3. The van der Waals surface area contributed by atoms with Gasteiger partial charge in [-0.25, -0.2) is 9.37 Å². The van der Waals surface area contributed by atoms with Crippen molar-refractivity contribution >= 4 is 51.2 Å². The van der Waals surface area contributed by atoms with Crippen molar-refractivity contribution in [3.8, 4) is 11.3 Å². The van der Waals surface area contributed by atoms with E-state index in [1.165, 1.54) is 41.7 Å². The highest BCUT2D eigenvalue weighted by Crippen LogP contribution is 2.28. The Balaban J connectivity index is 1.54. The topological polar surface area (TPSA) is 100 Å². The second kappa shape index (κ2) is 9.39. The summed E-state index contributed by atoms with van der Waals surface area (Å²) in [6.45, 7) is 1.54. The molecular weight excluding hydrogens is 415 g/mol. The minimum Gasteiger partial charge on any atom is -0.351 e. The number of nitrogens with zero attached hydrogens (tertiary/aromatic N) is 1. The van der Waals surface area contributed by atoms with Gasteiger partial charge in [0, 0.05) is 36.5 Å². The monoisotopic (exact) mass is 432 g/mol. The minimum atomic E-state index is -0.532. The Morgan fingerprint density at radius 2 is 1.97 bits per heavy atom. The number of benzene rings is 1. The molecule has 0 radical (unpaired) electrons. The summed E-state index contributed by atoms with van der Waals surface area (Å²) in [5, 5.41) is 11.6. The zero-order valence-electron chi connectivity index (χ0n) is 15.3. The molecule has 0 unspecified atom stereocenters. The van der Waals surface area contributed by atoms with E-state index >= 15 is 0 Å². The number of carbonyl (C=O) groups is 3. The number of carbonyl (C=O) groups excluding carboxylic acids is 3. The van der Waals surface area contributed by atoms with Gasteiger partial charge in [-0.05, 0) is 29.6 Å². The lowest BCUT2D eigenvalue weighted by Gasteiger charge is -2.05. The first kappa shape index (κ1) is 20.6. The molecule has 2 heterocycles. The molecule has 0 aliphatic carbocycles. The molecule has 3 rings (SSSR count). The fourth-order valence-corrected chi connectivity index (χ4v) is 3.79. The molecule has 0 bridgehead atoms. The molecule has 10 heteroatoms. The summed E-state index contributed by atoms with van der Waals surface area (Å²) in [4.78, 5) is 39.7. The lowest BCUT2D eigenvalue weighted by molar-refractivity contribution is -0.116. The number of thiophene rings is 1. The zero-order chi connectivity index (χ0) is 20.8. The molecule has 3 amide bonds. The van der Waals surface area contributed by atoms with Crippen molar-refractivity contribution in [1.82, 2.24) is 10.3 Å². The zero-order valence-corrected chi connectivity index (χ0v) is 17.0. The average Bonchev–Trinajstić information content (AvgIpc) is 3.33. The molecule has 150 valence electrons. The van der Waals surface area contributed by atoms with Crippen LogP contribution in [0.1, 0.15) is 23.0 Å². The molecule has 2 aromatic heterocycles. The second-order valence-electron chi connectivity index (χ2n) is 5.95. The molecule has 3 aromatic rings. The Bertz CT molecular complexity index is 1030. The van der Waals surface area contributed by atoms with Gasteiger partial charge < -0.3 is 16.0 Å². The van der Waals surface area contributed by atoms with Gasteiger partial charge in [0.25, 0.3) is 5.91 Å². The van der Waals surface area contributed by atoms with E-state index in [0.717, 1.165) is 0 Å². The van der Waals surface area contributed by atoms with Crippen LogP contribution >= 0.6 is 22.7 Å². The van der Waals surface area contributed by atoms with Gasteiger partial charge >= 0.3 is 0 Å². The van der Waals surface area contributed by atoms with Crippen molar-refractivity contribution < 1.29 is 18.8 Å². The predicted octanol–water partition coefficient (Wildman–Crippen LogP) is 3.73. The van der Waals surface area contributed by atoms with Gasteiger partial charge in [0.1, 0.15) is 5.82 Å². The van der Waals surface area contributed by atoms with Crippen molar-refractivity contribution in [2.45, 2.75) is 13.3 Å². The molecule has 0 saturated heterocycles. The summed E-state index contributed by atoms with van der Waals surface area (Å²) < 4.78 is 14.3. The van der Waals surface area contributed by atoms with Crippen LogP contribution in [0.25, 0.3) is 11.3 Å². The van der Waals surface area contributed by atoms with Crippen LogP contribution in [0.2, 0.25) is 0 Å². The number of hydrogen-bond acceptors (Lipinski definition) is 6. The molecule has 3 N–H and O–H groups in total. The van der Waals surface area contributed by atoms with Gasteiger partial charge in [0.15, 0.2) is 5.13 Å². The van der Waals surface area contributed by atoms with Crippen LogP contribution in [0.3, 0.4) is 0 Å². The Morgan fingerprint density at radius 1 is 1.14 bits per heavy atom. The summed E-state index contributed by atoms with van der Waals surface area (Å²) in [7, 11) is 0. The number of thiazole rings is 1. The van der Waals surface area contributed by atoms with Crippen LogP contribution in [-0.4, -0.2) is 29.3 Å². The average molecular weight is 433 g/mol. The molecular formula is C19H17FN4O3S2. The third-order valence-electron chi connectivity index (χ3n) is 3.70. The van der Waals surface area contributed by atoms with Crippen molar-refractivity contribution in [2.24, 2.45) is 0 Å². The first-order valence-corrected chi connectivity index (χ1v) is 10.3. The highest BCUT2D eigenvalue weighted by Gasteiger charge is 2.13. The highest BCUT2D eigenvalue weighted by atomic mass is 32.1. The molecule has 0 aliphatic heterocycles. The second-order valence-corrected chi connectivity index (χ2v) is 7.75. The molecule has 0 fully saturated rings. The van der Waals surface area contributed by atoms with E-state index in [-0.39, 0.29) is 36.3 Å². The Labute approximate surface area is 174 Å². The van der Waals surface area contributed by atoms with Crippen LogP contribution in [0.5, 0.6) is 0 Å². The maximum Gasteiger partial charge on any atom is 0.261 e. The van der Waals surface area contributed by atoms with Gasteiger partial charge in [-0.15, -0.1) is 22.7 Å². The third kappa shape index (κ3) is 5.69. The normalized spacial score (nSPS) is 10.4. The summed E-state index contributed by atoms with van der Waals surface area (Å²) in [6, 6.07) is 7.79. The van der Waals surface area contributed by atoms with E-state index in [2.05, 4.69) is 20.9 Å². The van der Waals surface area contributed by atoms with E-state index in [1.54, 1.807) is 29.0 Å². The molecule has 1 aromatic carbocycles. The Kier molecular flexibility index (Phi) is 6.68. The van der Waals surface area contributed by atoms with Crippen LogP contribution in [0.15, 0.2) is 41.1 Å². The van der Waals surface area contributed by atoms with E-state index < -0.39 is 5.82 Å². The van der Waals surface area contributed by atoms with Crippen molar-refractivity contribution in [3.05, 3.63) is 51.8 Å². The van der Waals surface area contributed by atoms with Crippen molar-refractivity contribution in [3.63, 3.8) is 0 Å². The molecule has 29 heavy (non-hydrogen) atoms. The van der Waals surface area contributed by atoms with Gasteiger partial charge in [-0.1, -0.05) is 6.07 Å². The van der Waals surface area contributed by atoms with Crippen LogP contribution in [-0.2, 0) is 9.59 Å². The SMILES string of the molecule is CC(=O)Nc1ccc(-c2csc(NC(=O)CCNC(=O)c3cccs3)n2)c(F)c1. The molecule has 7 nitrogen and oxygen atoms in total. The summed E-state index contributed by atoms with van der Waals surface area (Å²) in [5.74, 6) is -1.35. The predicted molar refractivity (Wildman–Crippen MR) is 112 cm³/mol. The minimum absolute atomic E-state index is 0.0891. The lowest BCUT2D eigenvalue weighted by atomic mass is 10.1. The number of halogens is 1. The number of anilines is 2. The van der Waals surface area contributed by atoms with Gasteiger partial charge in [0.05, 0.1) is 10.6 Å².